The van der Waals surface area contributed by atoms with Crippen molar-refractivity contribution < 1.29 is 9.90 Å². The Bertz CT molecular complexity index is 1360. The monoisotopic (exact) mass is 425 g/mol. The third kappa shape index (κ3) is 3.62. The third-order valence-electron chi connectivity index (χ3n) is 5.23. The van der Waals surface area contributed by atoms with Crippen LogP contribution in [0.2, 0.25) is 0 Å². The van der Waals surface area contributed by atoms with Crippen molar-refractivity contribution in [1.29, 1.82) is 0 Å². The molecule has 1 aliphatic rings. The molecule has 6 heteroatoms. The number of benzene rings is 4. The first-order chi connectivity index (χ1) is 15.1. The zero-order valence-electron chi connectivity index (χ0n) is 16.7. The molecule has 0 aromatic heterocycles. The van der Waals surface area contributed by atoms with Crippen molar-refractivity contribution in [3.8, 4) is 5.75 Å². The molecule has 3 N–H and O–H groups in total. The first kappa shape index (κ1) is 19.2. The summed E-state index contributed by atoms with van der Waals surface area (Å²) in [6.07, 6.45) is 0. The highest BCUT2D eigenvalue weighted by atomic mass is 32.2. The average molecular weight is 426 g/mol. The Morgan fingerprint density at radius 3 is 2.61 bits per heavy atom. The molecule has 1 aliphatic heterocycles. The zero-order chi connectivity index (χ0) is 21.4. The van der Waals surface area contributed by atoms with Gasteiger partial charge in [-0.3, -0.25) is 4.79 Å². The topological polar surface area (TPSA) is 73.7 Å². The van der Waals surface area contributed by atoms with E-state index in [1.54, 1.807) is 17.8 Å². The molecule has 5 rings (SSSR count). The number of hydrogen-bond donors (Lipinski definition) is 3. The molecule has 0 saturated heterocycles. The quantitative estimate of drug-likeness (QED) is 0.248. The molecular weight excluding hydrogens is 406 g/mol. The number of hydrazone groups is 1. The van der Waals surface area contributed by atoms with Gasteiger partial charge in [0, 0.05) is 9.79 Å². The second-order valence-electron chi connectivity index (χ2n) is 7.25. The molecule has 0 saturated carbocycles. The van der Waals surface area contributed by atoms with E-state index in [0.29, 0.717) is 11.1 Å². The zero-order valence-corrected chi connectivity index (χ0v) is 17.5. The van der Waals surface area contributed by atoms with Gasteiger partial charge in [0.25, 0.3) is 5.91 Å². The average Bonchev–Trinajstić information content (AvgIpc) is 2.80. The molecule has 5 nitrogen and oxygen atoms in total. The number of nitrogens with one attached hydrogen (secondary N) is 2. The van der Waals surface area contributed by atoms with E-state index in [1.165, 1.54) is 11.0 Å². The van der Waals surface area contributed by atoms with Crippen LogP contribution in [-0.4, -0.2) is 16.7 Å². The van der Waals surface area contributed by atoms with E-state index in [0.717, 1.165) is 27.2 Å². The molecular formula is C25H19N3O2S. The molecule has 0 radical (unpaired) electrons. The highest BCUT2D eigenvalue weighted by molar-refractivity contribution is 7.99. The van der Waals surface area contributed by atoms with Crippen LogP contribution in [0.3, 0.4) is 0 Å². The molecule has 0 aliphatic carbocycles. The summed E-state index contributed by atoms with van der Waals surface area (Å²) < 4.78 is 0. The van der Waals surface area contributed by atoms with Crippen LogP contribution in [0.4, 0.5) is 11.4 Å². The number of fused-ring (bicyclic) bond motifs is 3. The van der Waals surface area contributed by atoms with Crippen molar-refractivity contribution in [2.24, 2.45) is 5.10 Å². The number of phenolic OH excluding ortho intramolecular Hbond substituents is 1. The fourth-order valence-corrected chi connectivity index (χ4v) is 4.59. The number of amides is 1. The van der Waals surface area contributed by atoms with E-state index < -0.39 is 5.91 Å². The van der Waals surface area contributed by atoms with Crippen molar-refractivity contribution in [3.63, 3.8) is 0 Å². The van der Waals surface area contributed by atoms with E-state index >= 15 is 0 Å². The highest BCUT2D eigenvalue weighted by Crippen LogP contribution is 2.44. The van der Waals surface area contributed by atoms with Crippen LogP contribution in [0.15, 0.2) is 93.8 Å². The van der Waals surface area contributed by atoms with Crippen molar-refractivity contribution in [2.75, 3.05) is 5.32 Å². The number of para-hydroxylation sites is 1. The highest BCUT2D eigenvalue weighted by Gasteiger charge is 2.17. The molecule has 0 unspecified atom stereocenters. The molecule has 152 valence electrons. The van der Waals surface area contributed by atoms with Crippen LogP contribution >= 0.6 is 11.8 Å². The Hall–Kier alpha value is -3.77. The van der Waals surface area contributed by atoms with Gasteiger partial charge in [-0.15, -0.1) is 0 Å². The van der Waals surface area contributed by atoms with Gasteiger partial charge in [0.1, 0.15) is 5.75 Å². The Morgan fingerprint density at radius 1 is 0.935 bits per heavy atom. The van der Waals surface area contributed by atoms with Crippen LogP contribution in [0, 0.1) is 0 Å². The number of rotatable bonds is 3. The predicted octanol–water partition coefficient (Wildman–Crippen LogP) is 5.91. The first-order valence-electron chi connectivity index (χ1n) is 9.84. The van der Waals surface area contributed by atoms with Crippen LogP contribution in [0.25, 0.3) is 10.8 Å². The maximum absolute atomic E-state index is 12.8. The molecule has 0 atom stereocenters. The lowest BCUT2D eigenvalue weighted by Gasteiger charge is -2.21. The lowest BCUT2D eigenvalue weighted by atomic mass is 10.0. The number of hydrogen-bond acceptors (Lipinski definition) is 5. The van der Waals surface area contributed by atoms with E-state index in [4.69, 9.17) is 0 Å². The first-order valence-corrected chi connectivity index (χ1v) is 10.7. The summed E-state index contributed by atoms with van der Waals surface area (Å²) in [5.74, 6) is -0.521. The predicted molar refractivity (Wildman–Crippen MR) is 126 cm³/mol. The van der Waals surface area contributed by atoms with Crippen LogP contribution < -0.4 is 10.7 Å². The lowest BCUT2D eigenvalue weighted by Crippen LogP contribution is -2.20. The van der Waals surface area contributed by atoms with Gasteiger partial charge in [0.15, 0.2) is 0 Å². The standard InChI is InChI=1S/C25H19N3O2S/c1-15(17-11-13-23-20(14-17)26-19-8-4-5-9-22(19)31-23)27-28-25(30)24-18-7-3-2-6-16(18)10-12-21(24)29/h2-14,26,29H,1H3,(H,28,30)/b27-15+. The minimum atomic E-state index is -0.450. The fraction of sp³-hybridized carbons (Fsp3) is 0.0400. The summed E-state index contributed by atoms with van der Waals surface area (Å²) in [6.45, 7) is 1.84. The minimum absolute atomic E-state index is 0.0716. The van der Waals surface area contributed by atoms with Crippen LogP contribution in [0.5, 0.6) is 5.75 Å². The number of nitrogens with zero attached hydrogens (tertiary/aromatic N) is 1. The number of phenols is 1. The number of carbonyl (C=O) groups excluding carboxylic acids is 1. The van der Waals surface area contributed by atoms with E-state index in [2.05, 4.69) is 34.0 Å². The molecule has 0 spiro atoms. The summed E-state index contributed by atoms with van der Waals surface area (Å²) in [5.41, 5.74) is 6.46. The number of aromatic hydroxyl groups is 1. The molecule has 1 heterocycles. The Kier molecular flexibility index (Phi) is 4.84. The van der Waals surface area contributed by atoms with Gasteiger partial charge in [-0.05, 0) is 53.6 Å². The molecule has 31 heavy (non-hydrogen) atoms. The van der Waals surface area contributed by atoms with E-state index in [9.17, 15) is 9.90 Å². The maximum Gasteiger partial charge on any atom is 0.275 e. The van der Waals surface area contributed by atoms with Gasteiger partial charge in [0.2, 0.25) is 0 Å². The molecule has 4 aromatic rings. The normalized spacial score (nSPS) is 12.6. The second-order valence-corrected chi connectivity index (χ2v) is 8.34. The van der Waals surface area contributed by atoms with Gasteiger partial charge in [-0.25, -0.2) is 5.43 Å². The van der Waals surface area contributed by atoms with Gasteiger partial charge in [-0.1, -0.05) is 60.3 Å². The summed E-state index contributed by atoms with van der Waals surface area (Å²) >= 11 is 1.72. The summed E-state index contributed by atoms with van der Waals surface area (Å²) in [5, 5.41) is 19.6. The number of carbonyl (C=O) groups is 1. The Balaban J connectivity index is 1.40. The van der Waals surface area contributed by atoms with Crippen molar-refractivity contribution in [1.82, 2.24) is 5.43 Å². The summed E-state index contributed by atoms with van der Waals surface area (Å²) in [7, 11) is 0. The van der Waals surface area contributed by atoms with Crippen molar-refractivity contribution >= 4 is 45.5 Å². The molecule has 0 bridgehead atoms. The Morgan fingerprint density at radius 2 is 1.71 bits per heavy atom. The second kappa shape index (κ2) is 7.81. The fourth-order valence-electron chi connectivity index (χ4n) is 3.62. The SMILES string of the molecule is C/C(=N\NC(=O)c1c(O)ccc2ccccc12)c1ccc2c(c1)Nc1ccccc1S2. The van der Waals surface area contributed by atoms with Crippen molar-refractivity contribution in [3.05, 3.63) is 90.0 Å². The maximum atomic E-state index is 12.8. The smallest absolute Gasteiger partial charge is 0.275 e. The minimum Gasteiger partial charge on any atom is -0.507 e. The van der Waals surface area contributed by atoms with Gasteiger partial charge in [0.05, 0.1) is 22.6 Å². The largest absolute Gasteiger partial charge is 0.507 e. The summed E-state index contributed by atoms with van der Waals surface area (Å²) in [6, 6.07) is 25.0. The van der Waals surface area contributed by atoms with Crippen LogP contribution in [-0.2, 0) is 0 Å². The molecule has 1 amide bonds. The van der Waals surface area contributed by atoms with Crippen molar-refractivity contribution in [2.45, 2.75) is 16.7 Å². The number of anilines is 2. The van der Waals surface area contributed by atoms with Gasteiger partial charge < -0.3 is 10.4 Å². The third-order valence-corrected chi connectivity index (χ3v) is 6.38. The van der Waals surface area contributed by atoms with E-state index in [-0.39, 0.29) is 11.3 Å². The Labute approximate surface area is 183 Å². The lowest BCUT2D eigenvalue weighted by molar-refractivity contribution is 0.0954. The summed E-state index contributed by atoms with van der Waals surface area (Å²) in [4.78, 5) is 15.1. The molecule has 4 aromatic carbocycles. The van der Waals surface area contributed by atoms with Crippen LogP contribution in [0.1, 0.15) is 22.8 Å². The van der Waals surface area contributed by atoms with Gasteiger partial charge >= 0.3 is 0 Å². The van der Waals surface area contributed by atoms with Gasteiger partial charge in [-0.2, -0.15) is 5.10 Å². The molecule has 0 fully saturated rings. The van der Waals surface area contributed by atoms with E-state index in [1.807, 2.05) is 55.5 Å².